The fourth-order valence-corrected chi connectivity index (χ4v) is 7.37. The fraction of sp³-hybridized carbons (Fsp3) is 0.290. The summed E-state index contributed by atoms with van der Waals surface area (Å²) < 4.78 is 34.7. The van der Waals surface area contributed by atoms with E-state index in [1.165, 1.54) is 23.1 Å². The normalized spacial score (nSPS) is 17.9. The number of nitrogens with one attached hydrogen (secondary N) is 1. The Kier molecular flexibility index (Phi) is 8.14. The van der Waals surface area contributed by atoms with Crippen LogP contribution in [0.15, 0.2) is 77.7 Å². The molecule has 1 N–H and O–H groups in total. The minimum atomic E-state index is -4.29. The molecule has 0 radical (unpaired) electrons. The highest BCUT2D eigenvalue weighted by Gasteiger charge is 2.44. The average molecular weight is 636 g/mol. The number of fused-ring (bicyclic) bond motifs is 2. The van der Waals surface area contributed by atoms with Crippen LogP contribution in [0.25, 0.3) is 11.0 Å². The summed E-state index contributed by atoms with van der Waals surface area (Å²) in [5.74, 6) is -1.86. The van der Waals surface area contributed by atoms with Gasteiger partial charge in [-0.2, -0.15) is 0 Å². The van der Waals surface area contributed by atoms with E-state index >= 15 is 0 Å². The molecule has 6 rings (SSSR count). The lowest BCUT2D eigenvalue weighted by atomic mass is 10.1. The van der Waals surface area contributed by atoms with Crippen molar-refractivity contribution in [3.8, 4) is 0 Å². The number of ether oxygens (including phenoxy) is 1. The first-order valence-electron chi connectivity index (χ1n) is 14.2. The van der Waals surface area contributed by atoms with Gasteiger partial charge in [0.1, 0.15) is 17.3 Å². The van der Waals surface area contributed by atoms with Crippen LogP contribution in [0.4, 0.5) is 0 Å². The third-order valence-corrected chi connectivity index (χ3v) is 10.1. The lowest BCUT2D eigenvalue weighted by molar-refractivity contribution is -0.142. The van der Waals surface area contributed by atoms with E-state index in [-0.39, 0.29) is 35.5 Å². The van der Waals surface area contributed by atoms with Crippen molar-refractivity contribution in [3.63, 3.8) is 0 Å². The van der Waals surface area contributed by atoms with E-state index in [2.05, 4.69) is 5.32 Å². The number of benzene rings is 3. The molecule has 0 unspecified atom stereocenters. The van der Waals surface area contributed by atoms with Crippen molar-refractivity contribution in [1.29, 1.82) is 0 Å². The number of aromatic nitrogens is 2. The smallest absolute Gasteiger partial charge is 0.269 e. The minimum absolute atomic E-state index is 0.0147. The summed E-state index contributed by atoms with van der Waals surface area (Å²) in [4.78, 5) is 47.4. The molecule has 2 aliphatic rings. The van der Waals surface area contributed by atoms with Gasteiger partial charge in [-0.1, -0.05) is 54.1 Å². The van der Waals surface area contributed by atoms with Gasteiger partial charge in [0, 0.05) is 31.8 Å². The van der Waals surface area contributed by atoms with Gasteiger partial charge >= 0.3 is 0 Å². The number of nitrogens with zero attached hydrogens (tertiary/aromatic N) is 4. The molecule has 0 spiro atoms. The third-order valence-electron chi connectivity index (χ3n) is 7.96. The standard InChI is InChI=1S/C31H30ClN5O6S/c1-35-25-14-6-5-13-24(25)34-29(35)28(30(39)33-17-21-10-8-16-43-21)36(18-20-9-2-4-12-23(20)32)27(38)19-37-31(40)22-11-3-7-15-26(22)44(37,41)42/h2-7,9,11-15,21,28H,8,10,16-19H2,1H3,(H,33,39)/t21-,28-/m0/s1. The molecule has 3 heterocycles. The molecule has 0 saturated carbocycles. The lowest BCUT2D eigenvalue weighted by Gasteiger charge is -2.32. The maximum Gasteiger partial charge on any atom is 0.269 e. The van der Waals surface area contributed by atoms with E-state index < -0.39 is 40.3 Å². The average Bonchev–Trinajstić information content (AvgIpc) is 3.71. The summed E-state index contributed by atoms with van der Waals surface area (Å²) in [7, 11) is -2.55. The molecule has 4 aromatic rings. The Morgan fingerprint density at radius 2 is 1.82 bits per heavy atom. The van der Waals surface area contributed by atoms with Gasteiger partial charge in [-0.3, -0.25) is 14.4 Å². The largest absolute Gasteiger partial charge is 0.376 e. The zero-order valence-corrected chi connectivity index (χ0v) is 25.4. The number of carbonyl (C=O) groups excluding carboxylic acids is 3. The maximum absolute atomic E-state index is 14.3. The highest BCUT2D eigenvalue weighted by atomic mass is 35.5. The number of sulfonamides is 1. The second-order valence-corrected chi connectivity index (χ2v) is 13.0. The fourth-order valence-electron chi connectivity index (χ4n) is 5.66. The Morgan fingerprint density at radius 1 is 1.09 bits per heavy atom. The van der Waals surface area contributed by atoms with E-state index in [1.54, 1.807) is 48.0 Å². The number of carbonyl (C=O) groups is 3. The van der Waals surface area contributed by atoms with Gasteiger partial charge in [0.2, 0.25) is 5.91 Å². The molecule has 3 amide bonds. The molecule has 0 bridgehead atoms. The molecule has 228 valence electrons. The summed E-state index contributed by atoms with van der Waals surface area (Å²) in [5, 5.41) is 3.27. The summed E-state index contributed by atoms with van der Waals surface area (Å²) in [5.41, 5.74) is 1.85. The number of imidazole rings is 1. The van der Waals surface area contributed by atoms with Crippen LogP contribution in [0, 0.1) is 0 Å². The van der Waals surface area contributed by atoms with Crippen LogP contribution in [-0.2, 0) is 37.9 Å². The van der Waals surface area contributed by atoms with Crippen molar-refractivity contribution in [1.82, 2.24) is 24.1 Å². The Bertz CT molecular complexity index is 1870. The van der Waals surface area contributed by atoms with Gasteiger partial charge in [0.05, 0.1) is 22.7 Å². The molecule has 13 heteroatoms. The quantitative estimate of drug-likeness (QED) is 0.298. The van der Waals surface area contributed by atoms with E-state index in [9.17, 15) is 22.8 Å². The van der Waals surface area contributed by atoms with E-state index in [0.717, 1.165) is 18.4 Å². The zero-order valence-electron chi connectivity index (χ0n) is 23.9. The number of hydrogen-bond donors (Lipinski definition) is 1. The summed E-state index contributed by atoms with van der Waals surface area (Å²) in [6, 6.07) is 18.7. The molecule has 1 aromatic heterocycles. The van der Waals surface area contributed by atoms with Gasteiger partial charge in [-0.15, -0.1) is 0 Å². The first kappa shape index (κ1) is 29.8. The molecule has 11 nitrogen and oxygen atoms in total. The summed E-state index contributed by atoms with van der Waals surface area (Å²) in [6.45, 7) is -0.150. The molecule has 1 fully saturated rings. The first-order valence-corrected chi connectivity index (χ1v) is 16.0. The van der Waals surface area contributed by atoms with Gasteiger partial charge in [0.15, 0.2) is 6.04 Å². The number of aryl methyl sites for hydroxylation is 1. The van der Waals surface area contributed by atoms with Crippen LogP contribution >= 0.6 is 11.6 Å². The Hall–Kier alpha value is -4.26. The lowest BCUT2D eigenvalue weighted by Crippen LogP contribution is -2.49. The molecule has 3 aromatic carbocycles. The predicted octanol–water partition coefficient (Wildman–Crippen LogP) is 3.44. The first-order chi connectivity index (χ1) is 21.2. The van der Waals surface area contributed by atoms with E-state index in [4.69, 9.17) is 21.3 Å². The van der Waals surface area contributed by atoms with Crippen LogP contribution < -0.4 is 5.32 Å². The van der Waals surface area contributed by atoms with Crippen LogP contribution in [0.5, 0.6) is 0 Å². The summed E-state index contributed by atoms with van der Waals surface area (Å²) in [6.07, 6.45) is 1.50. The number of hydrogen-bond acceptors (Lipinski definition) is 7. The molecular weight excluding hydrogens is 606 g/mol. The highest BCUT2D eigenvalue weighted by molar-refractivity contribution is 7.90. The number of halogens is 1. The van der Waals surface area contributed by atoms with Gasteiger partial charge in [-0.05, 0) is 48.7 Å². The monoisotopic (exact) mass is 635 g/mol. The SMILES string of the molecule is Cn1c([C@@H](C(=O)NC[C@@H]2CCCO2)N(Cc2ccccc2Cl)C(=O)CN2C(=O)c3ccccc3S2(=O)=O)nc2ccccc21. The molecule has 44 heavy (non-hydrogen) atoms. The van der Waals surface area contributed by atoms with Crippen molar-refractivity contribution in [3.05, 3.63) is 94.8 Å². The van der Waals surface area contributed by atoms with E-state index in [0.29, 0.717) is 27.0 Å². The summed E-state index contributed by atoms with van der Waals surface area (Å²) >= 11 is 6.51. The molecule has 2 atom stereocenters. The molecule has 0 aliphatic carbocycles. The van der Waals surface area contributed by atoms with Gasteiger partial charge in [-0.25, -0.2) is 17.7 Å². The van der Waals surface area contributed by atoms with Crippen LogP contribution in [0.3, 0.4) is 0 Å². The second kappa shape index (κ2) is 12.0. The minimum Gasteiger partial charge on any atom is -0.376 e. The van der Waals surface area contributed by atoms with Crippen molar-refractivity contribution in [2.45, 2.75) is 36.4 Å². The Labute approximate surface area is 259 Å². The van der Waals surface area contributed by atoms with Gasteiger partial charge in [0.25, 0.3) is 21.8 Å². The van der Waals surface area contributed by atoms with Crippen LogP contribution in [0.2, 0.25) is 5.02 Å². The Balaban J connectivity index is 1.42. The van der Waals surface area contributed by atoms with Crippen molar-refractivity contribution in [2.75, 3.05) is 19.7 Å². The van der Waals surface area contributed by atoms with Crippen LogP contribution in [-0.4, -0.2) is 70.7 Å². The van der Waals surface area contributed by atoms with Crippen molar-refractivity contribution in [2.24, 2.45) is 7.05 Å². The van der Waals surface area contributed by atoms with Gasteiger partial charge < -0.3 is 19.5 Å². The Morgan fingerprint density at radius 3 is 2.55 bits per heavy atom. The number of rotatable bonds is 9. The molecular formula is C31H30ClN5O6S. The topological polar surface area (TPSA) is 131 Å². The zero-order chi connectivity index (χ0) is 31.0. The number of para-hydroxylation sites is 2. The number of amides is 3. The van der Waals surface area contributed by atoms with Crippen molar-refractivity contribution < 1.29 is 27.5 Å². The highest BCUT2D eigenvalue weighted by Crippen LogP contribution is 2.32. The predicted molar refractivity (Wildman–Crippen MR) is 162 cm³/mol. The third kappa shape index (κ3) is 5.44. The van der Waals surface area contributed by atoms with Crippen LogP contribution in [0.1, 0.15) is 40.6 Å². The second-order valence-electron chi connectivity index (χ2n) is 10.7. The van der Waals surface area contributed by atoms with Crippen molar-refractivity contribution >= 4 is 50.4 Å². The van der Waals surface area contributed by atoms with E-state index in [1.807, 2.05) is 18.2 Å². The molecule has 2 aliphatic heterocycles. The maximum atomic E-state index is 14.3. The molecule has 1 saturated heterocycles.